The second kappa shape index (κ2) is 7.53. The van der Waals surface area contributed by atoms with Crippen molar-refractivity contribution in [3.05, 3.63) is 29.8 Å². The summed E-state index contributed by atoms with van der Waals surface area (Å²) in [6, 6.07) is 6.79. The van der Waals surface area contributed by atoms with E-state index < -0.39 is 6.04 Å². The zero-order valence-corrected chi connectivity index (χ0v) is 11.2. The summed E-state index contributed by atoms with van der Waals surface area (Å²) in [5.74, 6) is -0.0608. The third-order valence-corrected chi connectivity index (χ3v) is 2.88. The summed E-state index contributed by atoms with van der Waals surface area (Å²) in [5.41, 5.74) is 12.8. The van der Waals surface area contributed by atoms with Crippen molar-refractivity contribution in [2.45, 2.75) is 32.2 Å². The molecule has 0 aliphatic carbocycles. The van der Waals surface area contributed by atoms with Gasteiger partial charge in [-0.25, -0.2) is 0 Å². The Hall–Kier alpha value is -1.88. The lowest BCUT2D eigenvalue weighted by Gasteiger charge is -2.08. The first-order valence-corrected chi connectivity index (χ1v) is 6.36. The number of ketones is 1. The minimum Gasteiger partial charge on any atom is -0.399 e. The lowest BCUT2D eigenvalue weighted by molar-refractivity contribution is -0.120. The van der Waals surface area contributed by atoms with Crippen molar-refractivity contribution in [2.75, 3.05) is 12.3 Å². The summed E-state index contributed by atoms with van der Waals surface area (Å²) < 4.78 is 0. The van der Waals surface area contributed by atoms with Crippen LogP contribution >= 0.6 is 0 Å². The van der Waals surface area contributed by atoms with Gasteiger partial charge in [-0.3, -0.25) is 9.59 Å². The molecule has 0 aromatic heterocycles. The quantitative estimate of drug-likeness (QED) is 0.496. The van der Waals surface area contributed by atoms with E-state index in [0.717, 1.165) is 5.56 Å². The van der Waals surface area contributed by atoms with Gasteiger partial charge < -0.3 is 16.8 Å². The molecule has 0 spiro atoms. The monoisotopic (exact) mass is 263 g/mol. The van der Waals surface area contributed by atoms with Gasteiger partial charge in [0.25, 0.3) is 0 Å². The number of rotatable bonds is 7. The zero-order valence-electron chi connectivity index (χ0n) is 11.2. The van der Waals surface area contributed by atoms with E-state index in [2.05, 4.69) is 5.32 Å². The molecule has 0 saturated carbocycles. The van der Waals surface area contributed by atoms with E-state index in [9.17, 15) is 9.59 Å². The van der Waals surface area contributed by atoms with Crippen molar-refractivity contribution < 1.29 is 9.59 Å². The highest BCUT2D eigenvalue weighted by Crippen LogP contribution is 2.05. The summed E-state index contributed by atoms with van der Waals surface area (Å²) in [5, 5.41) is 2.80. The third-order valence-electron chi connectivity index (χ3n) is 2.88. The Morgan fingerprint density at radius 1 is 1.26 bits per heavy atom. The summed E-state index contributed by atoms with van der Waals surface area (Å²) in [4.78, 5) is 22.6. The predicted octanol–water partition coefficient (Wildman–Crippen LogP) is 0.624. The molecule has 104 valence electrons. The largest absolute Gasteiger partial charge is 0.399 e. The zero-order chi connectivity index (χ0) is 14.3. The van der Waals surface area contributed by atoms with Crippen LogP contribution in [0.4, 0.5) is 5.69 Å². The first-order chi connectivity index (χ1) is 8.99. The number of nitrogens with two attached hydrogens (primary N) is 2. The molecule has 0 heterocycles. The molecular formula is C14H21N3O2. The van der Waals surface area contributed by atoms with E-state index in [1.165, 1.54) is 6.92 Å². The maximum Gasteiger partial charge on any atom is 0.224 e. The molecule has 0 radical (unpaired) electrons. The van der Waals surface area contributed by atoms with Gasteiger partial charge in [0.2, 0.25) is 5.91 Å². The highest BCUT2D eigenvalue weighted by molar-refractivity contribution is 5.81. The van der Waals surface area contributed by atoms with Crippen molar-refractivity contribution in [3.63, 3.8) is 0 Å². The van der Waals surface area contributed by atoms with Crippen LogP contribution in [0.15, 0.2) is 24.3 Å². The molecule has 19 heavy (non-hydrogen) atoms. The van der Waals surface area contributed by atoms with Crippen LogP contribution in [0.1, 0.15) is 25.3 Å². The number of nitrogens with one attached hydrogen (secondary N) is 1. The fraction of sp³-hybridized carbons (Fsp3) is 0.429. The van der Waals surface area contributed by atoms with E-state index in [-0.39, 0.29) is 11.7 Å². The standard InChI is InChI=1S/C14H21N3O2/c1-10(18)13(16)3-2-8-17-14(19)9-11-4-6-12(15)7-5-11/h4-7,13H,2-3,8-9,15-16H2,1H3,(H,17,19). The van der Waals surface area contributed by atoms with E-state index in [0.29, 0.717) is 31.5 Å². The van der Waals surface area contributed by atoms with Crippen LogP contribution < -0.4 is 16.8 Å². The Balaban J connectivity index is 2.21. The van der Waals surface area contributed by atoms with E-state index >= 15 is 0 Å². The van der Waals surface area contributed by atoms with Crippen molar-refractivity contribution in [1.82, 2.24) is 5.32 Å². The van der Waals surface area contributed by atoms with Crippen molar-refractivity contribution in [3.8, 4) is 0 Å². The fourth-order valence-corrected chi connectivity index (χ4v) is 1.64. The number of Topliss-reactive ketones (excluding diaryl/α,β-unsaturated/α-hetero) is 1. The minimum atomic E-state index is -0.422. The Labute approximate surface area is 113 Å². The Bertz CT molecular complexity index is 429. The molecule has 1 unspecified atom stereocenters. The summed E-state index contributed by atoms with van der Waals surface area (Å²) >= 11 is 0. The number of hydrogen-bond acceptors (Lipinski definition) is 4. The first-order valence-electron chi connectivity index (χ1n) is 6.36. The van der Waals surface area contributed by atoms with Gasteiger partial charge in [-0.05, 0) is 37.5 Å². The summed E-state index contributed by atoms with van der Waals surface area (Å²) in [6.45, 7) is 2.01. The van der Waals surface area contributed by atoms with E-state index in [1.54, 1.807) is 12.1 Å². The molecule has 0 fully saturated rings. The van der Waals surface area contributed by atoms with E-state index in [1.807, 2.05) is 12.1 Å². The molecule has 5 N–H and O–H groups in total. The van der Waals surface area contributed by atoms with Gasteiger partial charge >= 0.3 is 0 Å². The van der Waals surface area contributed by atoms with Crippen molar-refractivity contribution >= 4 is 17.4 Å². The molecule has 0 aliphatic rings. The third kappa shape index (κ3) is 6.01. The van der Waals surface area contributed by atoms with Gasteiger partial charge in [0.05, 0.1) is 12.5 Å². The number of carbonyl (C=O) groups excluding carboxylic acids is 2. The molecule has 1 atom stereocenters. The minimum absolute atomic E-state index is 0.0202. The summed E-state index contributed by atoms with van der Waals surface area (Å²) in [6.07, 6.45) is 1.63. The molecule has 5 heteroatoms. The second-order valence-corrected chi connectivity index (χ2v) is 4.63. The molecule has 0 saturated heterocycles. The average Bonchev–Trinajstić information content (AvgIpc) is 2.37. The topological polar surface area (TPSA) is 98.2 Å². The number of hydrogen-bond donors (Lipinski definition) is 3. The molecule has 1 aromatic rings. The predicted molar refractivity (Wildman–Crippen MR) is 75.5 cm³/mol. The van der Waals surface area contributed by atoms with Gasteiger partial charge in [0, 0.05) is 12.2 Å². The van der Waals surface area contributed by atoms with E-state index in [4.69, 9.17) is 11.5 Å². The number of amides is 1. The lowest BCUT2D eigenvalue weighted by Crippen LogP contribution is -2.31. The molecular weight excluding hydrogens is 242 g/mol. The molecule has 0 aliphatic heterocycles. The molecule has 1 aromatic carbocycles. The van der Waals surface area contributed by atoms with Crippen molar-refractivity contribution in [2.24, 2.45) is 5.73 Å². The Kier molecular flexibility index (Phi) is 6.02. The maximum atomic E-state index is 11.6. The molecule has 1 amide bonds. The number of anilines is 1. The molecule has 1 rings (SSSR count). The summed E-state index contributed by atoms with van der Waals surface area (Å²) in [7, 11) is 0. The number of benzene rings is 1. The fourth-order valence-electron chi connectivity index (χ4n) is 1.64. The van der Waals surface area contributed by atoms with Crippen LogP contribution in [0.25, 0.3) is 0 Å². The SMILES string of the molecule is CC(=O)C(N)CCCNC(=O)Cc1ccc(N)cc1. The normalized spacial score (nSPS) is 11.9. The molecule has 0 bridgehead atoms. The van der Waals surface area contributed by atoms with Crippen LogP contribution in [0.3, 0.4) is 0 Å². The van der Waals surface area contributed by atoms with Gasteiger partial charge in [0.1, 0.15) is 5.78 Å². The Morgan fingerprint density at radius 3 is 2.47 bits per heavy atom. The van der Waals surface area contributed by atoms with Crippen LogP contribution in [-0.4, -0.2) is 24.3 Å². The van der Waals surface area contributed by atoms with Gasteiger partial charge in [-0.2, -0.15) is 0 Å². The number of nitrogen functional groups attached to an aromatic ring is 1. The first kappa shape index (κ1) is 15.2. The lowest BCUT2D eigenvalue weighted by atomic mass is 10.1. The highest BCUT2D eigenvalue weighted by Gasteiger charge is 2.08. The van der Waals surface area contributed by atoms with Crippen molar-refractivity contribution in [1.29, 1.82) is 0 Å². The van der Waals surface area contributed by atoms with Gasteiger partial charge in [0.15, 0.2) is 0 Å². The average molecular weight is 263 g/mol. The van der Waals surface area contributed by atoms with Crippen LogP contribution in [0, 0.1) is 0 Å². The Morgan fingerprint density at radius 2 is 1.89 bits per heavy atom. The van der Waals surface area contributed by atoms with Crippen LogP contribution in [0.2, 0.25) is 0 Å². The smallest absolute Gasteiger partial charge is 0.224 e. The molecule has 5 nitrogen and oxygen atoms in total. The maximum absolute atomic E-state index is 11.6. The number of carbonyl (C=O) groups is 2. The highest BCUT2D eigenvalue weighted by atomic mass is 16.1. The van der Waals surface area contributed by atoms with Crippen LogP contribution in [-0.2, 0) is 16.0 Å². The van der Waals surface area contributed by atoms with Gasteiger partial charge in [-0.1, -0.05) is 12.1 Å². The van der Waals surface area contributed by atoms with Crippen LogP contribution in [0.5, 0.6) is 0 Å². The van der Waals surface area contributed by atoms with Gasteiger partial charge in [-0.15, -0.1) is 0 Å². The second-order valence-electron chi connectivity index (χ2n) is 4.63.